The number of carbonyl (C=O) groups is 3. The lowest BCUT2D eigenvalue weighted by Gasteiger charge is -2.24. The molecule has 0 bridgehead atoms. The summed E-state index contributed by atoms with van der Waals surface area (Å²) in [6.45, 7) is 0. The maximum Gasteiger partial charge on any atom is 0.323 e. The summed E-state index contributed by atoms with van der Waals surface area (Å²) >= 11 is 0. The molecular weight excluding hydrogens is 300 g/mol. The molecule has 1 saturated heterocycles. The van der Waals surface area contributed by atoms with Crippen LogP contribution >= 0.6 is 0 Å². The topological polar surface area (TPSA) is 105 Å². The Morgan fingerprint density at radius 2 is 2.09 bits per heavy atom. The Bertz CT molecular complexity index is 575. The van der Waals surface area contributed by atoms with E-state index in [1.165, 1.54) is 7.11 Å². The molecule has 124 valence electrons. The van der Waals surface area contributed by atoms with Gasteiger partial charge < -0.3 is 15.2 Å². The van der Waals surface area contributed by atoms with Gasteiger partial charge in [0.1, 0.15) is 6.04 Å². The Kier molecular flexibility index (Phi) is 5.70. The molecule has 0 unspecified atom stereocenters. The van der Waals surface area contributed by atoms with Crippen molar-refractivity contribution >= 4 is 17.8 Å². The number of carboxylic acids is 1. The zero-order valence-electron chi connectivity index (χ0n) is 12.8. The minimum absolute atomic E-state index is 0.139. The van der Waals surface area contributed by atoms with E-state index in [1.54, 1.807) is 0 Å². The first kappa shape index (κ1) is 17.0. The number of nitrogens with one attached hydrogen (secondary N) is 2. The Labute approximate surface area is 134 Å². The Morgan fingerprint density at radius 3 is 2.70 bits per heavy atom. The van der Waals surface area contributed by atoms with Gasteiger partial charge in [0, 0.05) is 12.5 Å². The Hall–Kier alpha value is -2.41. The predicted molar refractivity (Wildman–Crippen MR) is 81.7 cm³/mol. The fraction of sp³-hybridized carbons (Fsp3) is 0.438. The van der Waals surface area contributed by atoms with Gasteiger partial charge in [-0.1, -0.05) is 30.3 Å². The molecule has 0 radical (unpaired) electrons. The van der Waals surface area contributed by atoms with Crippen LogP contribution in [0.1, 0.15) is 18.4 Å². The minimum atomic E-state index is -0.998. The molecule has 0 aliphatic carbocycles. The molecule has 2 rings (SSSR count). The molecule has 1 aliphatic rings. The van der Waals surface area contributed by atoms with E-state index < -0.39 is 30.1 Å². The Morgan fingerprint density at radius 1 is 1.39 bits per heavy atom. The number of hydrogen-bond donors (Lipinski definition) is 3. The van der Waals surface area contributed by atoms with Crippen molar-refractivity contribution in [3.05, 3.63) is 35.9 Å². The predicted octanol–water partition coefficient (Wildman–Crippen LogP) is 0.0921. The number of ether oxygens (including phenoxy) is 1. The highest BCUT2D eigenvalue weighted by atomic mass is 16.5. The number of esters is 1. The molecule has 3 N–H and O–H groups in total. The number of aliphatic carboxylic acids is 1. The monoisotopic (exact) mass is 320 g/mol. The lowest BCUT2D eigenvalue weighted by Crippen LogP contribution is -2.50. The molecule has 7 nitrogen and oxygen atoms in total. The maximum absolute atomic E-state index is 12.0. The summed E-state index contributed by atoms with van der Waals surface area (Å²) in [5.41, 5.74) is 0.947. The molecule has 7 heteroatoms. The first-order valence-electron chi connectivity index (χ1n) is 7.38. The van der Waals surface area contributed by atoms with Gasteiger partial charge in [0.25, 0.3) is 0 Å². The SMILES string of the molecule is COC(=O)[C@H](Cc1ccccc1)N[C@@H]1CC(=O)N[C@H]1CC(=O)O. The first-order chi connectivity index (χ1) is 11.0. The van der Waals surface area contributed by atoms with Gasteiger partial charge in [-0.3, -0.25) is 19.7 Å². The average molecular weight is 320 g/mol. The van der Waals surface area contributed by atoms with Gasteiger partial charge in [0.05, 0.1) is 19.6 Å². The normalized spacial score (nSPS) is 21.5. The van der Waals surface area contributed by atoms with Crippen molar-refractivity contribution in [1.82, 2.24) is 10.6 Å². The van der Waals surface area contributed by atoms with Gasteiger partial charge >= 0.3 is 11.9 Å². The molecule has 0 aromatic heterocycles. The molecule has 1 fully saturated rings. The van der Waals surface area contributed by atoms with E-state index in [1.807, 2.05) is 30.3 Å². The van der Waals surface area contributed by atoms with E-state index >= 15 is 0 Å². The van der Waals surface area contributed by atoms with Gasteiger partial charge in [-0.05, 0) is 12.0 Å². The summed E-state index contributed by atoms with van der Waals surface area (Å²) in [5, 5.41) is 14.6. The van der Waals surface area contributed by atoms with Crippen molar-refractivity contribution in [3.8, 4) is 0 Å². The third-order valence-corrected chi connectivity index (χ3v) is 3.82. The quantitative estimate of drug-likeness (QED) is 0.615. The number of hydrogen-bond acceptors (Lipinski definition) is 5. The zero-order chi connectivity index (χ0) is 16.8. The van der Waals surface area contributed by atoms with E-state index in [-0.39, 0.29) is 18.7 Å². The van der Waals surface area contributed by atoms with Crippen molar-refractivity contribution in [2.24, 2.45) is 0 Å². The van der Waals surface area contributed by atoms with Crippen LogP contribution in [0.5, 0.6) is 0 Å². The van der Waals surface area contributed by atoms with Crippen LogP contribution in [0.2, 0.25) is 0 Å². The van der Waals surface area contributed by atoms with E-state index in [2.05, 4.69) is 10.6 Å². The number of carbonyl (C=O) groups excluding carboxylic acids is 2. The number of rotatable bonds is 7. The van der Waals surface area contributed by atoms with Crippen molar-refractivity contribution < 1.29 is 24.2 Å². The average Bonchev–Trinajstić information content (AvgIpc) is 2.85. The van der Waals surface area contributed by atoms with Crippen molar-refractivity contribution in [2.45, 2.75) is 37.4 Å². The van der Waals surface area contributed by atoms with E-state index in [4.69, 9.17) is 9.84 Å². The van der Waals surface area contributed by atoms with Gasteiger partial charge in [0.15, 0.2) is 0 Å². The maximum atomic E-state index is 12.0. The summed E-state index contributed by atoms with van der Waals surface area (Å²) in [6, 6.07) is 7.81. The standard InChI is InChI=1S/C16H20N2O5/c1-23-16(22)13(7-10-5-3-2-4-6-10)17-11-8-14(19)18-12(11)9-15(20)21/h2-6,11-13,17H,7-9H2,1H3,(H,18,19)(H,20,21)/t11-,12+,13+/m1/s1. The fourth-order valence-corrected chi connectivity index (χ4v) is 2.73. The number of benzene rings is 1. The molecule has 0 spiro atoms. The third-order valence-electron chi connectivity index (χ3n) is 3.82. The molecule has 0 saturated carbocycles. The molecule has 23 heavy (non-hydrogen) atoms. The number of methoxy groups -OCH3 is 1. The largest absolute Gasteiger partial charge is 0.481 e. The number of amides is 1. The highest BCUT2D eigenvalue weighted by Gasteiger charge is 2.36. The lowest BCUT2D eigenvalue weighted by molar-refractivity contribution is -0.143. The summed E-state index contributed by atoms with van der Waals surface area (Å²) in [4.78, 5) is 34.5. The second-order valence-electron chi connectivity index (χ2n) is 5.51. The highest BCUT2D eigenvalue weighted by molar-refractivity contribution is 5.82. The summed E-state index contributed by atoms with van der Waals surface area (Å²) in [7, 11) is 1.30. The van der Waals surface area contributed by atoms with E-state index in [0.717, 1.165) is 5.56 Å². The van der Waals surface area contributed by atoms with Crippen LogP contribution in [-0.4, -0.2) is 48.2 Å². The second-order valence-corrected chi connectivity index (χ2v) is 5.51. The molecule has 1 aliphatic heterocycles. The van der Waals surface area contributed by atoms with Crippen molar-refractivity contribution in [3.63, 3.8) is 0 Å². The van der Waals surface area contributed by atoms with Crippen LogP contribution in [0.3, 0.4) is 0 Å². The van der Waals surface area contributed by atoms with Crippen LogP contribution in [0, 0.1) is 0 Å². The van der Waals surface area contributed by atoms with Gasteiger partial charge in [-0.15, -0.1) is 0 Å². The smallest absolute Gasteiger partial charge is 0.323 e. The summed E-state index contributed by atoms with van der Waals surface area (Å²) in [5.74, 6) is -1.67. The molecule has 1 amide bonds. The number of carboxylic acid groups (broad SMARTS) is 1. The van der Waals surface area contributed by atoms with Crippen LogP contribution in [0.15, 0.2) is 30.3 Å². The zero-order valence-corrected chi connectivity index (χ0v) is 12.8. The van der Waals surface area contributed by atoms with Crippen LogP contribution in [0.25, 0.3) is 0 Å². The van der Waals surface area contributed by atoms with Crippen LogP contribution in [-0.2, 0) is 25.5 Å². The molecular formula is C16H20N2O5. The molecule has 1 aromatic carbocycles. The Balaban J connectivity index is 2.08. The molecule has 1 heterocycles. The lowest BCUT2D eigenvalue weighted by atomic mass is 10.0. The van der Waals surface area contributed by atoms with Crippen molar-refractivity contribution in [1.29, 1.82) is 0 Å². The third kappa shape index (κ3) is 4.79. The minimum Gasteiger partial charge on any atom is -0.481 e. The van der Waals surface area contributed by atoms with E-state index in [0.29, 0.717) is 6.42 Å². The highest BCUT2D eigenvalue weighted by Crippen LogP contribution is 2.14. The van der Waals surface area contributed by atoms with Gasteiger partial charge in [-0.2, -0.15) is 0 Å². The fourth-order valence-electron chi connectivity index (χ4n) is 2.73. The van der Waals surface area contributed by atoms with Gasteiger partial charge in [-0.25, -0.2) is 0 Å². The van der Waals surface area contributed by atoms with Crippen molar-refractivity contribution in [2.75, 3.05) is 7.11 Å². The summed E-state index contributed by atoms with van der Waals surface area (Å²) < 4.78 is 4.81. The van der Waals surface area contributed by atoms with E-state index in [9.17, 15) is 14.4 Å². The second kappa shape index (κ2) is 7.73. The molecule has 1 aromatic rings. The summed E-state index contributed by atoms with van der Waals surface area (Å²) in [6.07, 6.45) is 0.348. The van der Waals surface area contributed by atoms with Crippen LogP contribution < -0.4 is 10.6 Å². The first-order valence-corrected chi connectivity index (χ1v) is 7.38. The van der Waals surface area contributed by atoms with Crippen LogP contribution in [0.4, 0.5) is 0 Å². The molecule has 3 atom stereocenters. The van der Waals surface area contributed by atoms with Gasteiger partial charge in [0.2, 0.25) is 5.91 Å².